The van der Waals surface area contributed by atoms with Gasteiger partial charge in [0.25, 0.3) is 0 Å². The van der Waals surface area contributed by atoms with Crippen molar-refractivity contribution in [2.24, 2.45) is 0 Å². The van der Waals surface area contributed by atoms with Gasteiger partial charge in [0.1, 0.15) is 6.23 Å². The van der Waals surface area contributed by atoms with Gasteiger partial charge in [-0.15, -0.1) is 0 Å². The molecular weight excluding hydrogens is 362 g/mol. The molecule has 0 spiro atoms. The van der Waals surface area contributed by atoms with Crippen molar-refractivity contribution in [2.75, 3.05) is 5.32 Å². The molecule has 0 aromatic heterocycles. The molecule has 0 saturated carbocycles. The largest absolute Gasteiger partial charge is 0.478 e. The van der Waals surface area contributed by atoms with E-state index in [1.807, 2.05) is 67.6 Å². The van der Waals surface area contributed by atoms with Gasteiger partial charge in [0, 0.05) is 5.02 Å². The number of aliphatic hydroxyl groups is 1. The molecule has 0 radical (unpaired) electrons. The Bertz CT molecular complexity index is 889. The van der Waals surface area contributed by atoms with Crippen LogP contribution in [0, 0.1) is 0 Å². The summed E-state index contributed by atoms with van der Waals surface area (Å²) in [6, 6.07) is 23.8. The zero-order valence-corrected chi connectivity index (χ0v) is 15.5. The maximum atomic E-state index is 11.6. The SMILES string of the molecule is CC(c1ccccc1)(c1ccccc1)C(O)Nc1ccc(Cl)cc1C(=O)O. The fourth-order valence-corrected chi connectivity index (χ4v) is 3.33. The van der Waals surface area contributed by atoms with Crippen LogP contribution in [0.4, 0.5) is 5.69 Å². The molecule has 1 unspecified atom stereocenters. The van der Waals surface area contributed by atoms with E-state index in [1.165, 1.54) is 6.07 Å². The van der Waals surface area contributed by atoms with Crippen LogP contribution in [0.5, 0.6) is 0 Å². The Morgan fingerprint density at radius 2 is 1.48 bits per heavy atom. The Labute approximate surface area is 163 Å². The van der Waals surface area contributed by atoms with E-state index in [9.17, 15) is 15.0 Å². The Balaban J connectivity index is 2.06. The van der Waals surface area contributed by atoms with Crippen molar-refractivity contribution in [2.45, 2.75) is 18.6 Å². The second-order valence-electron chi connectivity index (χ2n) is 6.48. The maximum Gasteiger partial charge on any atom is 0.337 e. The highest BCUT2D eigenvalue weighted by molar-refractivity contribution is 6.31. The maximum absolute atomic E-state index is 11.6. The first kappa shape index (κ1) is 19.0. The Morgan fingerprint density at radius 1 is 0.963 bits per heavy atom. The molecular formula is C22H20ClNO3. The van der Waals surface area contributed by atoms with Gasteiger partial charge in [0.15, 0.2) is 0 Å². The second-order valence-corrected chi connectivity index (χ2v) is 6.91. The van der Waals surface area contributed by atoms with Crippen molar-refractivity contribution in [1.29, 1.82) is 0 Å². The lowest BCUT2D eigenvalue weighted by atomic mass is 9.74. The number of anilines is 1. The van der Waals surface area contributed by atoms with E-state index in [0.29, 0.717) is 10.7 Å². The minimum atomic E-state index is -1.12. The first-order chi connectivity index (χ1) is 12.9. The fraction of sp³-hybridized carbons (Fsp3) is 0.136. The molecule has 0 aliphatic rings. The van der Waals surface area contributed by atoms with E-state index >= 15 is 0 Å². The third kappa shape index (κ3) is 3.82. The first-order valence-corrected chi connectivity index (χ1v) is 8.89. The third-order valence-corrected chi connectivity index (χ3v) is 5.03. The van der Waals surface area contributed by atoms with Crippen LogP contribution in [0.2, 0.25) is 5.02 Å². The number of benzene rings is 3. The van der Waals surface area contributed by atoms with Gasteiger partial charge in [0.2, 0.25) is 0 Å². The van der Waals surface area contributed by atoms with Gasteiger partial charge in [-0.3, -0.25) is 0 Å². The first-order valence-electron chi connectivity index (χ1n) is 8.51. The molecule has 5 heteroatoms. The predicted molar refractivity (Wildman–Crippen MR) is 107 cm³/mol. The molecule has 1 atom stereocenters. The molecule has 27 heavy (non-hydrogen) atoms. The van der Waals surface area contributed by atoms with Crippen LogP contribution in [-0.4, -0.2) is 22.4 Å². The number of halogens is 1. The van der Waals surface area contributed by atoms with E-state index in [2.05, 4.69) is 5.32 Å². The summed E-state index contributed by atoms with van der Waals surface area (Å²) in [5.74, 6) is -1.12. The van der Waals surface area contributed by atoms with Crippen molar-refractivity contribution in [3.63, 3.8) is 0 Å². The van der Waals surface area contributed by atoms with E-state index in [1.54, 1.807) is 12.1 Å². The summed E-state index contributed by atoms with van der Waals surface area (Å²) in [5, 5.41) is 23.9. The Kier molecular flexibility index (Phi) is 5.49. The normalized spacial score (nSPS) is 12.4. The Hall–Kier alpha value is -2.82. The average Bonchev–Trinajstić information content (AvgIpc) is 2.69. The smallest absolute Gasteiger partial charge is 0.337 e. The molecule has 138 valence electrons. The lowest BCUT2D eigenvalue weighted by molar-refractivity contribution is 0.0697. The summed E-state index contributed by atoms with van der Waals surface area (Å²) in [4.78, 5) is 11.6. The number of hydrogen-bond acceptors (Lipinski definition) is 3. The van der Waals surface area contributed by atoms with Crippen LogP contribution >= 0.6 is 11.6 Å². The van der Waals surface area contributed by atoms with E-state index < -0.39 is 17.6 Å². The molecule has 0 aliphatic carbocycles. The molecule has 3 N–H and O–H groups in total. The lowest BCUT2D eigenvalue weighted by Crippen LogP contribution is -2.43. The molecule has 0 aliphatic heterocycles. The van der Waals surface area contributed by atoms with E-state index in [0.717, 1.165) is 11.1 Å². The summed E-state index contributed by atoms with van der Waals surface area (Å²) < 4.78 is 0. The second kappa shape index (κ2) is 7.82. The quantitative estimate of drug-likeness (QED) is 0.538. The van der Waals surface area contributed by atoms with Crippen LogP contribution in [-0.2, 0) is 5.41 Å². The zero-order chi connectivity index (χ0) is 19.4. The standard InChI is InChI=1S/C22H20ClNO3/c1-22(15-8-4-2-5-9-15,16-10-6-3-7-11-16)21(27)24-19-13-12-17(23)14-18(19)20(25)26/h2-14,21,24,27H,1H3,(H,25,26). The van der Waals surface area contributed by atoms with Crippen molar-refractivity contribution >= 4 is 23.3 Å². The summed E-state index contributed by atoms with van der Waals surface area (Å²) in [6.07, 6.45) is -1.08. The van der Waals surface area contributed by atoms with Crippen molar-refractivity contribution in [3.8, 4) is 0 Å². The van der Waals surface area contributed by atoms with Crippen LogP contribution in [0.25, 0.3) is 0 Å². The topological polar surface area (TPSA) is 69.6 Å². The monoisotopic (exact) mass is 381 g/mol. The average molecular weight is 382 g/mol. The molecule has 4 nitrogen and oxygen atoms in total. The van der Waals surface area contributed by atoms with E-state index in [4.69, 9.17) is 11.6 Å². The number of rotatable bonds is 6. The van der Waals surface area contributed by atoms with Gasteiger partial charge >= 0.3 is 5.97 Å². The number of nitrogens with one attached hydrogen (secondary N) is 1. The molecule has 0 saturated heterocycles. The van der Waals surface area contributed by atoms with Gasteiger partial charge in [-0.1, -0.05) is 72.3 Å². The van der Waals surface area contributed by atoms with Gasteiger partial charge in [-0.25, -0.2) is 4.79 Å². The van der Waals surface area contributed by atoms with Gasteiger partial charge < -0.3 is 15.5 Å². The highest BCUT2D eigenvalue weighted by Crippen LogP contribution is 2.36. The van der Waals surface area contributed by atoms with Crippen molar-refractivity contribution in [3.05, 3.63) is 101 Å². The summed E-state index contributed by atoms with van der Waals surface area (Å²) >= 11 is 5.93. The highest BCUT2D eigenvalue weighted by atomic mass is 35.5. The number of carboxylic acid groups (broad SMARTS) is 1. The molecule has 3 aromatic carbocycles. The predicted octanol–water partition coefficient (Wildman–Crippen LogP) is 4.77. The summed E-state index contributed by atoms with van der Waals surface area (Å²) in [5.41, 5.74) is 1.31. The van der Waals surface area contributed by atoms with E-state index in [-0.39, 0.29) is 5.56 Å². The zero-order valence-electron chi connectivity index (χ0n) is 14.8. The summed E-state index contributed by atoms with van der Waals surface area (Å²) in [6.45, 7) is 1.92. The van der Waals surface area contributed by atoms with Crippen LogP contribution < -0.4 is 5.32 Å². The Morgan fingerprint density at radius 3 is 1.96 bits per heavy atom. The molecule has 0 amide bonds. The summed E-state index contributed by atoms with van der Waals surface area (Å²) in [7, 11) is 0. The van der Waals surface area contributed by atoms with Crippen LogP contribution in [0.15, 0.2) is 78.9 Å². The number of aromatic carboxylic acids is 1. The number of carboxylic acids is 1. The minimum absolute atomic E-state index is 0.00465. The molecule has 3 rings (SSSR count). The third-order valence-electron chi connectivity index (χ3n) is 4.80. The molecule has 0 fully saturated rings. The number of hydrogen-bond donors (Lipinski definition) is 3. The number of aliphatic hydroxyl groups excluding tert-OH is 1. The number of carbonyl (C=O) groups is 1. The van der Waals surface area contributed by atoms with Crippen molar-refractivity contribution < 1.29 is 15.0 Å². The van der Waals surface area contributed by atoms with Gasteiger partial charge in [-0.2, -0.15) is 0 Å². The lowest BCUT2D eigenvalue weighted by Gasteiger charge is -2.36. The fourth-order valence-electron chi connectivity index (χ4n) is 3.16. The molecule has 0 bridgehead atoms. The minimum Gasteiger partial charge on any atom is -0.478 e. The van der Waals surface area contributed by atoms with Crippen LogP contribution in [0.1, 0.15) is 28.4 Å². The van der Waals surface area contributed by atoms with Gasteiger partial charge in [0.05, 0.1) is 16.7 Å². The van der Waals surface area contributed by atoms with Gasteiger partial charge in [-0.05, 0) is 36.2 Å². The van der Waals surface area contributed by atoms with Crippen molar-refractivity contribution in [1.82, 2.24) is 0 Å². The highest BCUT2D eigenvalue weighted by Gasteiger charge is 2.37. The molecule has 3 aromatic rings. The van der Waals surface area contributed by atoms with Crippen LogP contribution in [0.3, 0.4) is 0 Å². The molecule has 0 heterocycles.